The first-order valence-electron chi connectivity index (χ1n) is 9.28. The fourth-order valence-electron chi connectivity index (χ4n) is 3.74. The van der Waals surface area contributed by atoms with Crippen LogP contribution in [0.1, 0.15) is 40.2 Å². The molecule has 0 aromatic carbocycles. The lowest BCUT2D eigenvalue weighted by Crippen LogP contribution is -2.39. The summed E-state index contributed by atoms with van der Waals surface area (Å²) in [6, 6.07) is 2.01. The zero-order chi connectivity index (χ0) is 19.7. The fourth-order valence-corrected chi connectivity index (χ4v) is 3.74. The lowest BCUT2D eigenvalue weighted by molar-refractivity contribution is 0.0702. The maximum Gasteiger partial charge on any atom is 0.276 e. The van der Waals surface area contributed by atoms with Crippen LogP contribution in [0.25, 0.3) is 0 Å². The molecule has 2 amide bonds. The first-order chi connectivity index (χ1) is 13.5. The number of hydrogen-bond donors (Lipinski definition) is 0. The van der Waals surface area contributed by atoms with E-state index in [2.05, 4.69) is 15.3 Å². The van der Waals surface area contributed by atoms with Crippen LogP contribution in [0.5, 0.6) is 0 Å². The van der Waals surface area contributed by atoms with Crippen molar-refractivity contribution in [2.45, 2.75) is 38.0 Å². The average Bonchev–Trinajstić information content (AvgIpc) is 3.42. The Hall–Kier alpha value is -2.91. The van der Waals surface area contributed by atoms with Crippen molar-refractivity contribution < 1.29 is 18.4 Å². The first kappa shape index (κ1) is 18.5. The minimum absolute atomic E-state index is 0.107. The zero-order valence-electron chi connectivity index (χ0n) is 15.2. The van der Waals surface area contributed by atoms with Crippen molar-refractivity contribution in [2.24, 2.45) is 0 Å². The maximum atomic E-state index is 14.0. The normalized spacial score (nSPS) is 22.1. The van der Waals surface area contributed by atoms with E-state index >= 15 is 0 Å². The highest BCUT2D eigenvalue weighted by Crippen LogP contribution is 2.24. The number of nitrogens with zero attached hydrogens (tertiary/aromatic N) is 6. The summed E-state index contributed by atoms with van der Waals surface area (Å²) in [5, 5.41) is 7.87. The molecule has 8 nitrogen and oxygen atoms in total. The summed E-state index contributed by atoms with van der Waals surface area (Å²) < 4.78 is 29.4. The number of alkyl halides is 1. The van der Waals surface area contributed by atoms with Crippen molar-refractivity contribution in [2.75, 3.05) is 19.6 Å². The molecule has 2 atom stereocenters. The molecule has 0 saturated carbocycles. The number of hydrogen-bond acceptors (Lipinski definition) is 5. The molecule has 2 aromatic heterocycles. The Bertz CT molecular complexity index is 882. The lowest BCUT2D eigenvalue weighted by atomic mass is 10.2. The van der Waals surface area contributed by atoms with Gasteiger partial charge in [-0.3, -0.25) is 9.59 Å². The minimum Gasteiger partial charge on any atom is -0.337 e. The summed E-state index contributed by atoms with van der Waals surface area (Å²) in [5.74, 6) is -1.58. The molecule has 0 bridgehead atoms. The predicted octanol–water partition coefficient (Wildman–Crippen LogP) is 1.30. The molecule has 28 heavy (non-hydrogen) atoms. The second-order valence-corrected chi connectivity index (χ2v) is 7.10. The van der Waals surface area contributed by atoms with Gasteiger partial charge in [-0.05, 0) is 25.0 Å². The van der Waals surface area contributed by atoms with Crippen LogP contribution in [0, 0.1) is 5.82 Å². The summed E-state index contributed by atoms with van der Waals surface area (Å²) in [4.78, 5) is 31.8. The molecule has 0 spiro atoms. The predicted molar refractivity (Wildman–Crippen MR) is 93.7 cm³/mol. The Kier molecular flexibility index (Phi) is 5.01. The minimum atomic E-state index is -1.21. The van der Waals surface area contributed by atoms with E-state index in [0.29, 0.717) is 13.1 Å². The number of aromatic nitrogens is 4. The molecule has 2 aliphatic heterocycles. The molecule has 4 heterocycles. The number of pyridine rings is 1. The number of halogens is 2. The highest BCUT2D eigenvalue weighted by Gasteiger charge is 2.37. The van der Waals surface area contributed by atoms with Crippen LogP contribution in [0.15, 0.2) is 24.5 Å². The van der Waals surface area contributed by atoms with Gasteiger partial charge in [0.15, 0.2) is 17.2 Å². The molecule has 2 aliphatic rings. The Morgan fingerprint density at radius 3 is 2.75 bits per heavy atom. The fraction of sp³-hybridized carbons (Fsp3) is 0.500. The number of amides is 2. The van der Waals surface area contributed by atoms with Gasteiger partial charge in [0.1, 0.15) is 6.17 Å². The number of rotatable bonds is 4. The number of carbonyl (C=O) groups excluding carboxylic acids is 2. The largest absolute Gasteiger partial charge is 0.337 e. The average molecular weight is 390 g/mol. The van der Waals surface area contributed by atoms with E-state index in [1.165, 1.54) is 28.0 Å². The van der Waals surface area contributed by atoms with Gasteiger partial charge in [0.25, 0.3) is 11.8 Å². The Balaban J connectivity index is 1.48. The van der Waals surface area contributed by atoms with Crippen molar-refractivity contribution in [3.05, 3.63) is 41.7 Å². The summed E-state index contributed by atoms with van der Waals surface area (Å²) in [6.07, 6.45) is 3.67. The third-order valence-corrected chi connectivity index (χ3v) is 5.13. The SMILES string of the molecule is O=C(c1cn(C[C@@H]2C[C@H](F)CN2C(=O)c2ncccc2F)nn1)N1CCCC1. The van der Waals surface area contributed by atoms with Crippen LogP contribution in [0.4, 0.5) is 8.78 Å². The molecule has 2 saturated heterocycles. The van der Waals surface area contributed by atoms with Crippen molar-refractivity contribution >= 4 is 11.8 Å². The molecule has 2 aromatic rings. The summed E-state index contributed by atoms with van der Waals surface area (Å²) >= 11 is 0. The van der Waals surface area contributed by atoms with Gasteiger partial charge in [0.2, 0.25) is 0 Å². The van der Waals surface area contributed by atoms with Crippen LogP contribution in [0.3, 0.4) is 0 Å². The van der Waals surface area contributed by atoms with Gasteiger partial charge in [0.05, 0.1) is 25.3 Å². The van der Waals surface area contributed by atoms with Crippen molar-refractivity contribution in [1.29, 1.82) is 0 Å². The maximum absolute atomic E-state index is 14.0. The van der Waals surface area contributed by atoms with Gasteiger partial charge in [0, 0.05) is 25.7 Å². The molecule has 0 aliphatic carbocycles. The third-order valence-electron chi connectivity index (χ3n) is 5.13. The second kappa shape index (κ2) is 7.61. The highest BCUT2D eigenvalue weighted by molar-refractivity contribution is 5.93. The van der Waals surface area contributed by atoms with Crippen LogP contribution < -0.4 is 0 Å². The Morgan fingerprint density at radius 1 is 1.21 bits per heavy atom. The van der Waals surface area contributed by atoms with Crippen LogP contribution >= 0.6 is 0 Å². The Morgan fingerprint density at radius 2 is 2.00 bits per heavy atom. The molecule has 2 fully saturated rings. The van der Waals surface area contributed by atoms with Crippen LogP contribution in [0.2, 0.25) is 0 Å². The molecule has 4 rings (SSSR count). The van der Waals surface area contributed by atoms with Gasteiger partial charge in [-0.2, -0.15) is 0 Å². The van der Waals surface area contributed by atoms with E-state index < -0.39 is 23.9 Å². The summed E-state index contributed by atoms with van der Waals surface area (Å²) in [5.41, 5.74) is -0.101. The molecule has 10 heteroatoms. The Labute approximate surface area is 160 Å². The second-order valence-electron chi connectivity index (χ2n) is 7.10. The van der Waals surface area contributed by atoms with Crippen LogP contribution in [-0.2, 0) is 6.54 Å². The smallest absolute Gasteiger partial charge is 0.276 e. The first-order valence-corrected chi connectivity index (χ1v) is 9.28. The monoisotopic (exact) mass is 390 g/mol. The topological polar surface area (TPSA) is 84.2 Å². The van der Waals surface area contributed by atoms with Crippen molar-refractivity contribution in [3.63, 3.8) is 0 Å². The zero-order valence-corrected chi connectivity index (χ0v) is 15.2. The van der Waals surface area contributed by atoms with Crippen molar-refractivity contribution in [3.8, 4) is 0 Å². The van der Waals surface area contributed by atoms with Crippen molar-refractivity contribution in [1.82, 2.24) is 29.8 Å². The van der Waals surface area contributed by atoms with E-state index in [-0.39, 0.29) is 36.8 Å². The summed E-state index contributed by atoms with van der Waals surface area (Å²) in [6.45, 7) is 1.44. The van der Waals surface area contributed by atoms with Gasteiger partial charge >= 0.3 is 0 Å². The number of likely N-dealkylation sites (tertiary alicyclic amines) is 2. The summed E-state index contributed by atoms with van der Waals surface area (Å²) in [7, 11) is 0. The van der Waals surface area contributed by atoms with E-state index in [9.17, 15) is 18.4 Å². The van der Waals surface area contributed by atoms with E-state index in [1.807, 2.05) is 0 Å². The third kappa shape index (κ3) is 3.58. The molecular weight excluding hydrogens is 370 g/mol. The van der Waals surface area contributed by atoms with E-state index in [0.717, 1.165) is 18.9 Å². The van der Waals surface area contributed by atoms with Gasteiger partial charge in [-0.15, -0.1) is 5.10 Å². The van der Waals surface area contributed by atoms with Gasteiger partial charge < -0.3 is 9.80 Å². The van der Waals surface area contributed by atoms with Gasteiger partial charge in [-0.25, -0.2) is 18.4 Å². The molecular formula is C18H20F2N6O2. The molecule has 0 unspecified atom stereocenters. The van der Waals surface area contributed by atoms with E-state index in [4.69, 9.17) is 0 Å². The molecule has 0 radical (unpaired) electrons. The van der Waals surface area contributed by atoms with Gasteiger partial charge in [-0.1, -0.05) is 5.21 Å². The molecule has 148 valence electrons. The van der Waals surface area contributed by atoms with Crippen LogP contribution in [-0.4, -0.2) is 73.4 Å². The quantitative estimate of drug-likeness (QED) is 0.786. The lowest BCUT2D eigenvalue weighted by Gasteiger charge is -2.23. The number of carbonyl (C=O) groups is 2. The molecule has 0 N–H and O–H groups in total. The highest BCUT2D eigenvalue weighted by atomic mass is 19.1. The standard InChI is InChI=1S/C18H20F2N6O2/c19-12-8-13(26(9-12)18(28)16-14(20)4-3-5-21-16)10-25-11-15(22-23-25)17(27)24-6-1-2-7-24/h3-5,11-13H,1-2,6-10H2/t12-,13-/m0/s1. The van der Waals surface area contributed by atoms with E-state index in [1.54, 1.807) is 4.90 Å².